The number of hydrogen-bond donors (Lipinski definition) is 3. The van der Waals surface area contributed by atoms with E-state index in [-0.39, 0.29) is 17.4 Å². The van der Waals surface area contributed by atoms with Crippen molar-refractivity contribution in [2.45, 2.75) is 25.5 Å². The van der Waals surface area contributed by atoms with Gasteiger partial charge in [-0.2, -0.15) is 0 Å². The molecule has 1 amide bonds. The second-order valence-corrected chi connectivity index (χ2v) is 2.97. The van der Waals surface area contributed by atoms with Crippen LogP contribution in [0.15, 0.2) is 0 Å². The van der Waals surface area contributed by atoms with Crippen LogP contribution in [0.1, 0.15) is 19.8 Å². The van der Waals surface area contributed by atoms with Crippen molar-refractivity contribution in [2.75, 3.05) is 0 Å². The van der Waals surface area contributed by atoms with E-state index in [1.807, 2.05) is 0 Å². The lowest BCUT2D eigenvalue weighted by molar-refractivity contribution is -0.127. The number of thiocarbonyl (C=S) groups is 1. The van der Waals surface area contributed by atoms with E-state index in [2.05, 4.69) is 10.6 Å². The Kier molecular flexibility index (Phi) is 2.10. The summed E-state index contributed by atoms with van der Waals surface area (Å²) in [4.78, 5) is 10.8. The van der Waals surface area contributed by atoms with E-state index in [4.69, 9.17) is 12.2 Å². The SMILES string of the molecule is CCC1(O)CC(=O)NC(=S)N1. The highest BCUT2D eigenvalue weighted by Crippen LogP contribution is 2.13. The van der Waals surface area contributed by atoms with Gasteiger partial charge in [0.15, 0.2) is 5.11 Å². The maximum absolute atomic E-state index is 10.8. The van der Waals surface area contributed by atoms with Gasteiger partial charge in [0.25, 0.3) is 0 Å². The van der Waals surface area contributed by atoms with E-state index < -0.39 is 5.72 Å². The third-order valence-electron chi connectivity index (χ3n) is 1.64. The van der Waals surface area contributed by atoms with Crippen molar-refractivity contribution < 1.29 is 9.90 Å². The molecule has 1 saturated heterocycles. The van der Waals surface area contributed by atoms with Crippen molar-refractivity contribution in [3.8, 4) is 0 Å². The quantitative estimate of drug-likeness (QED) is 0.468. The van der Waals surface area contributed by atoms with Gasteiger partial charge in [-0.05, 0) is 18.6 Å². The van der Waals surface area contributed by atoms with Crippen LogP contribution < -0.4 is 10.6 Å². The van der Waals surface area contributed by atoms with E-state index in [9.17, 15) is 9.90 Å². The van der Waals surface area contributed by atoms with Crippen molar-refractivity contribution >= 4 is 23.2 Å². The van der Waals surface area contributed by atoms with Crippen LogP contribution in [-0.2, 0) is 4.79 Å². The third kappa shape index (κ3) is 1.87. The molecule has 0 radical (unpaired) electrons. The molecule has 11 heavy (non-hydrogen) atoms. The molecule has 3 N–H and O–H groups in total. The second-order valence-electron chi connectivity index (χ2n) is 2.56. The molecule has 1 aliphatic heterocycles. The smallest absolute Gasteiger partial charge is 0.230 e. The van der Waals surface area contributed by atoms with Crippen LogP contribution in [0, 0.1) is 0 Å². The lowest BCUT2D eigenvalue weighted by Gasteiger charge is -2.32. The molecule has 0 saturated carbocycles. The van der Waals surface area contributed by atoms with E-state index in [1.165, 1.54) is 0 Å². The first kappa shape index (κ1) is 8.42. The fraction of sp³-hybridized carbons (Fsp3) is 0.667. The maximum atomic E-state index is 10.8. The molecule has 1 unspecified atom stereocenters. The summed E-state index contributed by atoms with van der Waals surface area (Å²) in [5.74, 6) is -0.238. The molecule has 0 bridgehead atoms. The number of nitrogens with one attached hydrogen (secondary N) is 2. The minimum absolute atomic E-state index is 0.0592. The molecule has 0 aliphatic carbocycles. The zero-order valence-electron chi connectivity index (χ0n) is 6.18. The summed E-state index contributed by atoms with van der Waals surface area (Å²) in [5, 5.41) is 14.8. The molecule has 0 spiro atoms. The Morgan fingerprint density at radius 1 is 1.82 bits per heavy atom. The summed E-state index contributed by atoms with van der Waals surface area (Å²) in [6.07, 6.45) is 0.518. The lowest BCUT2D eigenvalue weighted by atomic mass is 10.1. The average molecular weight is 174 g/mol. The number of rotatable bonds is 1. The summed E-state index contributed by atoms with van der Waals surface area (Å²) >= 11 is 4.69. The van der Waals surface area contributed by atoms with Crippen molar-refractivity contribution in [1.29, 1.82) is 0 Å². The van der Waals surface area contributed by atoms with Crippen LogP contribution in [0.5, 0.6) is 0 Å². The fourth-order valence-electron chi connectivity index (χ4n) is 0.937. The van der Waals surface area contributed by atoms with Gasteiger partial charge in [-0.25, -0.2) is 0 Å². The minimum atomic E-state index is -1.14. The molecule has 1 atom stereocenters. The number of amides is 1. The third-order valence-corrected chi connectivity index (χ3v) is 1.84. The van der Waals surface area contributed by atoms with Gasteiger partial charge < -0.3 is 15.7 Å². The van der Waals surface area contributed by atoms with Crippen LogP contribution in [0.3, 0.4) is 0 Å². The van der Waals surface area contributed by atoms with Gasteiger partial charge in [0.05, 0.1) is 6.42 Å². The van der Waals surface area contributed by atoms with Crippen LogP contribution in [0.25, 0.3) is 0 Å². The Bertz CT molecular complexity index is 189. The van der Waals surface area contributed by atoms with E-state index in [1.54, 1.807) is 6.92 Å². The molecule has 5 heteroatoms. The Morgan fingerprint density at radius 2 is 2.45 bits per heavy atom. The molecule has 0 aromatic heterocycles. The molecule has 4 nitrogen and oxygen atoms in total. The summed E-state index contributed by atoms with van der Waals surface area (Å²) in [7, 11) is 0. The van der Waals surface area contributed by atoms with E-state index in [0.29, 0.717) is 6.42 Å². The second kappa shape index (κ2) is 2.75. The highest BCUT2D eigenvalue weighted by Gasteiger charge is 2.33. The summed E-state index contributed by atoms with van der Waals surface area (Å²) in [6.45, 7) is 1.79. The van der Waals surface area contributed by atoms with Crippen LogP contribution in [-0.4, -0.2) is 21.9 Å². The molecular formula is C6H10N2O2S. The Balaban J connectivity index is 2.70. The van der Waals surface area contributed by atoms with Crippen molar-refractivity contribution in [3.63, 3.8) is 0 Å². The van der Waals surface area contributed by atoms with Crippen LogP contribution in [0.2, 0.25) is 0 Å². The summed E-state index contributed by atoms with van der Waals surface area (Å²) in [5.41, 5.74) is -1.14. The molecule has 1 heterocycles. The topological polar surface area (TPSA) is 61.4 Å². The van der Waals surface area contributed by atoms with Gasteiger partial charge in [0, 0.05) is 0 Å². The predicted molar refractivity (Wildman–Crippen MR) is 43.7 cm³/mol. The van der Waals surface area contributed by atoms with E-state index in [0.717, 1.165) is 0 Å². The normalized spacial score (nSPS) is 31.1. The number of carbonyl (C=O) groups is 1. The minimum Gasteiger partial charge on any atom is -0.370 e. The van der Waals surface area contributed by atoms with Gasteiger partial charge in [-0.15, -0.1) is 0 Å². The fourth-order valence-corrected chi connectivity index (χ4v) is 1.24. The molecule has 0 aromatic carbocycles. The van der Waals surface area contributed by atoms with Crippen molar-refractivity contribution in [1.82, 2.24) is 10.6 Å². The highest BCUT2D eigenvalue weighted by atomic mass is 32.1. The van der Waals surface area contributed by atoms with Gasteiger partial charge in [-0.1, -0.05) is 6.92 Å². The Hall–Kier alpha value is -0.680. The number of carbonyl (C=O) groups excluding carboxylic acids is 1. The average Bonchev–Trinajstić information content (AvgIpc) is 1.84. The van der Waals surface area contributed by atoms with Gasteiger partial charge in [0.2, 0.25) is 5.91 Å². The number of hydrogen-bond acceptors (Lipinski definition) is 3. The van der Waals surface area contributed by atoms with Crippen molar-refractivity contribution in [2.24, 2.45) is 0 Å². The molecule has 1 fully saturated rings. The van der Waals surface area contributed by atoms with Gasteiger partial charge in [0.1, 0.15) is 5.72 Å². The first-order valence-electron chi connectivity index (χ1n) is 3.40. The zero-order valence-corrected chi connectivity index (χ0v) is 6.99. The standard InChI is InChI=1S/C6H10N2O2S/c1-2-6(10)3-4(9)7-5(11)8-6/h10H,2-3H2,1H3,(H2,7,8,9,11). The predicted octanol–water partition coefficient (Wildman–Crippen LogP) is -0.521. The van der Waals surface area contributed by atoms with Crippen LogP contribution >= 0.6 is 12.2 Å². The molecule has 62 valence electrons. The number of aliphatic hydroxyl groups is 1. The highest BCUT2D eigenvalue weighted by molar-refractivity contribution is 7.80. The van der Waals surface area contributed by atoms with Crippen LogP contribution in [0.4, 0.5) is 0 Å². The molecule has 1 rings (SSSR count). The zero-order chi connectivity index (χ0) is 8.48. The monoisotopic (exact) mass is 174 g/mol. The maximum Gasteiger partial charge on any atom is 0.230 e. The first-order valence-corrected chi connectivity index (χ1v) is 3.81. The summed E-state index contributed by atoms with van der Waals surface area (Å²) < 4.78 is 0. The van der Waals surface area contributed by atoms with E-state index >= 15 is 0 Å². The lowest BCUT2D eigenvalue weighted by Crippen LogP contribution is -2.60. The summed E-state index contributed by atoms with van der Waals surface area (Å²) in [6, 6.07) is 0. The largest absolute Gasteiger partial charge is 0.370 e. The van der Waals surface area contributed by atoms with Gasteiger partial charge in [-0.3, -0.25) is 4.79 Å². The molecule has 0 aromatic rings. The molecular weight excluding hydrogens is 164 g/mol. The Morgan fingerprint density at radius 3 is 2.91 bits per heavy atom. The van der Waals surface area contributed by atoms with Crippen molar-refractivity contribution in [3.05, 3.63) is 0 Å². The van der Waals surface area contributed by atoms with Gasteiger partial charge >= 0.3 is 0 Å². The molecule has 1 aliphatic rings. The Labute approximate surface area is 70.0 Å². The first-order chi connectivity index (χ1) is 5.06.